The summed E-state index contributed by atoms with van der Waals surface area (Å²) in [5.74, 6) is 0.221. The van der Waals surface area contributed by atoms with Crippen LogP contribution in [0.4, 0.5) is 5.69 Å². The maximum atomic E-state index is 12.9. The SMILES string of the molecule is C[C@H]1Cc2ccccc2N1C(=O)CN1CCN(C(=O)c2ccccc2)CC1. The molecule has 1 fully saturated rings. The zero-order valence-electron chi connectivity index (χ0n) is 15.7. The summed E-state index contributed by atoms with van der Waals surface area (Å²) in [6.45, 7) is 5.29. The smallest absolute Gasteiger partial charge is 0.253 e. The summed E-state index contributed by atoms with van der Waals surface area (Å²) in [6.07, 6.45) is 0.918. The Balaban J connectivity index is 1.34. The van der Waals surface area contributed by atoms with E-state index < -0.39 is 0 Å². The molecule has 0 aromatic heterocycles. The molecule has 140 valence electrons. The maximum Gasteiger partial charge on any atom is 0.253 e. The lowest BCUT2D eigenvalue weighted by Crippen LogP contribution is -2.52. The molecule has 0 bridgehead atoms. The second kappa shape index (κ2) is 7.53. The number of para-hydroxylation sites is 1. The van der Waals surface area contributed by atoms with Crippen molar-refractivity contribution in [2.24, 2.45) is 0 Å². The summed E-state index contributed by atoms with van der Waals surface area (Å²) in [4.78, 5) is 31.5. The molecule has 0 N–H and O–H groups in total. The standard InChI is InChI=1S/C22H25N3O2/c1-17-15-19-9-5-6-10-20(19)25(17)21(26)16-23-11-13-24(14-12-23)22(27)18-7-3-2-4-8-18/h2-10,17H,11-16H2,1H3/t17-/m0/s1. The number of hydrogen-bond donors (Lipinski definition) is 0. The van der Waals surface area contributed by atoms with E-state index in [1.165, 1.54) is 5.56 Å². The molecular weight excluding hydrogens is 338 g/mol. The van der Waals surface area contributed by atoms with Crippen molar-refractivity contribution in [2.45, 2.75) is 19.4 Å². The molecule has 5 heteroatoms. The minimum atomic E-state index is 0.0728. The van der Waals surface area contributed by atoms with Crippen molar-refractivity contribution in [3.63, 3.8) is 0 Å². The number of nitrogens with zero attached hydrogens (tertiary/aromatic N) is 3. The van der Waals surface area contributed by atoms with E-state index in [0.29, 0.717) is 19.6 Å². The fraction of sp³-hybridized carbons (Fsp3) is 0.364. The number of benzene rings is 2. The Kier molecular flexibility index (Phi) is 4.94. The second-order valence-corrected chi connectivity index (χ2v) is 7.38. The predicted molar refractivity (Wildman–Crippen MR) is 106 cm³/mol. The molecule has 2 aliphatic heterocycles. The van der Waals surface area contributed by atoms with Gasteiger partial charge in [0.25, 0.3) is 5.91 Å². The van der Waals surface area contributed by atoms with Gasteiger partial charge in [-0.3, -0.25) is 14.5 Å². The van der Waals surface area contributed by atoms with E-state index in [2.05, 4.69) is 17.9 Å². The van der Waals surface area contributed by atoms with Crippen LogP contribution in [0.15, 0.2) is 54.6 Å². The summed E-state index contributed by atoms with van der Waals surface area (Å²) in [7, 11) is 0. The van der Waals surface area contributed by atoms with Gasteiger partial charge in [-0.2, -0.15) is 0 Å². The van der Waals surface area contributed by atoms with Gasteiger partial charge in [0.05, 0.1) is 6.54 Å². The average Bonchev–Trinajstić information content (AvgIpc) is 3.04. The van der Waals surface area contributed by atoms with Crippen molar-refractivity contribution in [3.8, 4) is 0 Å². The third-order valence-electron chi connectivity index (χ3n) is 5.52. The van der Waals surface area contributed by atoms with Crippen LogP contribution >= 0.6 is 0 Å². The van der Waals surface area contributed by atoms with E-state index >= 15 is 0 Å². The summed E-state index contributed by atoms with van der Waals surface area (Å²) in [5, 5.41) is 0. The van der Waals surface area contributed by atoms with Crippen molar-refractivity contribution >= 4 is 17.5 Å². The molecule has 2 aliphatic rings. The topological polar surface area (TPSA) is 43.9 Å². The van der Waals surface area contributed by atoms with Crippen molar-refractivity contribution in [2.75, 3.05) is 37.6 Å². The van der Waals surface area contributed by atoms with Crippen LogP contribution in [0.3, 0.4) is 0 Å². The lowest BCUT2D eigenvalue weighted by atomic mass is 10.1. The van der Waals surface area contributed by atoms with Crippen LogP contribution in [0.1, 0.15) is 22.8 Å². The Labute approximate surface area is 160 Å². The van der Waals surface area contributed by atoms with Crippen LogP contribution in [0.2, 0.25) is 0 Å². The van der Waals surface area contributed by atoms with Gasteiger partial charge in [0, 0.05) is 43.5 Å². The van der Waals surface area contributed by atoms with E-state index in [1.54, 1.807) is 0 Å². The molecule has 2 aromatic rings. The molecule has 0 unspecified atom stereocenters. The second-order valence-electron chi connectivity index (χ2n) is 7.38. The van der Waals surface area contributed by atoms with Crippen molar-refractivity contribution in [1.82, 2.24) is 9.80 Å². The largest absolute Gasteiger partial charge is 0.336 e. The van der Waals surface area contributed by atoms with E-state index in [1.807, 2.05) is 58.3 Å². The Morgan fingerprint density at radius 2 is 1.59 bits per heavy atom. The summed E-state index contributed by atoms with van der Waals surface area (Å²) >= 11 is 0. The van der Waals surface area contributed by atoms with E-state index in [9.17, 15) is 9.59 Å². The average molecular weight is 363 g/mol. The highest BCUT2D eigenvalue weighted by atomic mass is 16.2. The van der Waals surface area contributed by atoms with Crippen LogP contribution in [0.25, 0.3) is 0 Å². The number of piperazine rings is 1. The van der Waals surface area contributed by atoms with Gasteiger partial charge in [-0.1, -0.05) is 36.4 Å². The third kappa shape index (κ3) is 3.60. The molecule has 0 aliphatic carbocycles. The minimum Gasteiger partial charge on any atom is -0.336 e. The lowest BCUT2D eigenvalue weighted by molar-refractivity contribution is -0.120. The predicted octanol–water partition coefficient (Wildman–Crippen LogP) is 2.42. The summed E-state index contributed by atoms with van der Waals surface area (Å²) in [6, 6.07) is 17.8. The fourth-order valence-electron chi connectivity index (χ4n) is 4.09. The van der Waals surface area contributed by atoms with Gasteiger partial charge in [-0.05, 0) is 37.1 Å². The number of fused-ring (bicyclic) bond motifs is 1. The Morgan fingerprint density at radius 1 is 0.926 bits per heavy atom. The third-order valence-corrected chi connectivity index (χ3v) is 5.52. The summed E-state index contributed by atoms with van der Waals surface area (Å²) in [5.41, 5.74) is 3.02. The Hall–Kier alpha value is -2.66. The molecule has 0 saturated carbocycles. The Bertz CT molecular complexity index is 828. The molecule has 0 radical (unpaired) electrons. The van der Waals surface area contributed by atoms with E-state index in [4.69, 9.17) is 0 Å². The molecule has 2 aromatic carbocycles. The van der Waals surface area contributed by atoms with Crippen LogP contribution < -0.4 is 4.90 Å². The van der Waals surface area contributed by atoms with Gasteiger partial charge in [0.2, 0.25) is 5.91 Å². The maximum absolute atomic E-state index is 12.9. The van der Waals surface area contributed by atoms with Crippen LogP contribution in [-0.2, 0) is 11.2 Å². The highest BCUT2D eigenvalue weighted by Crippen LogP contribution is 2.31. The van der Waals surface area contributed by atoms with Gasteiger partial charge < -0.3 is 9.80 Å². The first-order valence-electron chi connectivity index (χ1n) is 9.60. The van der Waals surface area contributed by atoms with Gasteiger partial charge >= 0.3 is 0 Å². The molecule has 5 nitrogen and oxygen atoms in total. The normalized spacial score (nSPS) is 19.8. The molecule has 1 atom stereocenters. The number of hydrogen-bond acceptors (Lipinski definition) is 3. The number of amides is 2. The number of rotatable bonds is 3. The van der Waals surface area contributed by atoms with Gasteiger partial charge in [-0.25, -0.2) is 0 Å². The number of carbonyl (C=O) groups excluding carboxylic acids is 2. The molecule has 1 saturated heterocycles. The van der Waals surface area contributed by atoms with Crippen molar-refractivity contribution in [1.29, 1.82) is 0 Å². The monoisotopic (exact) mass is 363 g/mol. The first-order chi connectivity index (χ1) is 13.1. The van der Waals surface area contributed by atoms with Crippen LogP contribution in [0.5, 0.6) is 0 Å². The summed E-state index contributed by atoms with van der Waals surface area (Å²) < 4.78 is 0. The number of carbonyl (C=O) groups is 2. The van der Waals surface area contributed by atoms with Crippen LogP contribution in [0, 0.1) is 0 Å². The van der Waals surface area contributed by atoms with Crippen molar-refractivity contribution < 1.29 is 9.59 Å². The lowest BCUT2D eigenvalue weighted by Gasteiger charge is -2.35. The zero-order chi connectivity index (χ0) is 18.8. The molecule has 27 heavy (non-hydrogen) atoms. The van der Waals surface area contributed by atoms with Gasteiger partial charge in [0.1, 0.15) is 0 Å². The molecule has 2 heterocycles. The number of anilines is 1. The minimum absolute atomic E-state index is 0.0728. The van der Waals surface area contributed by atoms with Crippen LogP contribution in [-0.4, -0.2) is 60.4 Å². The van der Waals surface area contributed by atoms with E-state index in [-0.39, 0.29) is 17.9 Å². The van der Waals surface area contributed by atoms with Gasteiger partial charge in [-0.15, -0.1) is 0 Å². The fourth-order valence-corrected chi connectivity index (χ4v) is 4.09. The van der Waals surface area contributed by atoms with Crippen molar-refractivity contribution in [3.05, 3.63) is 65.7 Å². The van der Waals surface area contributed by atoms with E-state index in [0.717, 1.165) is 30.8 Å². The highest BCUT2D eigenvalue weighted by molar-refractivity contribution is 5.97. The molecule has 4 rings (SSSR count). The zero-order valence-corrected chi connectivity index (χ0v) is 15.7. The highest BCUT2D eigenvalue weighted by Gasteiger charge is 2.32. The molecule has 2 amide bonds. The molecule has 0 spiro atoms. The first kappa shape index (κ1) is 17.7. The Morgan fingerprint density at radius 3 is 2.33 bits per heavy atom. The molecular formula is C22H25N3O2. The van der Waals surface area contributed by atoms with Gasteiger partial charge in [0.15, 0.2) is 0 Å². The first-order valence-corrected chi connectivity index (χ1v) is 9.60. The quantitative estimate of drug-likeness (QED) is 0.841.